The second kappa shape index (κ2) is 8.71. The molecule has 0 aromatic heterocycles. The molecule has 1 aliphatic carbocycles. The maximum atomic E-state index is 5.91. The Kier molecular flexibility index (Phi) is 6.10. The van der Waals surface area contributed by atoms with E-state index in [2.05, 4.69) is 0 Å². The standard InChI is InChI=1S/C20H24O4/c1-21-20(24-18-9-5-6-10-18)15-22-16-11-13-19(14-12-16)23-17-7-3-2-4-8-17/h2-4,7-8,11-14,18,20H,5-6,9-10,15H2,1H3. The molecule has 1 aliphatic rings. The Balaban J connectivity index is 1.48. The molecule has 1 saturated carbocycles. The Morgan fingerprint density at radius 3 is 2.17 bits per heavy atom. The first-order valence-electron chi connectivity index (χ1n) is 8.47. The summed E-state index contributed by atoms with van der Waals surface area (Å²) in [5.41, 5.74) is 0. The lowest BCUT2D eigenvalue weighted by atomic mass is 10.3. The lowest BCUT2D eigenvalue weighted by Gasteiger charge is -2.21. The van der Waals surface area contributed by atoms with E-state index in [-0.39, 0.29) is 6.29 Å². The van der Waals surface area contributed by atoms with Gasteiger partial charge in [-0.15, -0.1) is 0 Å². The van der Waals surface area contributed by atoms with Crippen LogP contribution < -0.4 is 9.47 Å². The number of rotatable bonds is 8. The second-order valence-corrected chi connectivity index (χ2v) is 5.91. The molecule has 0 saturated heterocycles. The predicted octanol–water partition coefficient (Wildman–Crippen LogP) is 4.79. The van der Waals surface area contributed by atoms with Crippen LogP contribution in [0.4, 0.5) is 0 Å². The van der Waals surface area contributed by atoms with Crippen LogP contribution in [0, 0.1) is 0 Å². The van der Waals surface area contributed by atoms with Gasteiger partial charge in [-0.2, -0.15) is 0 Å². The van der Waals surface area contributed by atoms with Crippen molar-refractivity contribution >= 4 is 0 Å². The second-order valence-electron chi connectivity index (χ2n) is 5.91. The molecule has 0 radical (unpaired) electrons. The highest BCUT2D eigenvalue weighted by Crippen LogP contribution is 2.25. The third-order valence-electron chi connectivity index (χ3n) is 4.10. The number of para-hydroxylation sites is 1. The molecule has 1 atom stereocenters. The predicted molar refractivity (Wildman–Crippen MR) is 92.6 cm³/mol. The molecule has 1 unspecified atom stereocenters. The Bertz CT molecular complexity index is 591. The molecule has 4 nitrogen and oxygen atoms in total. The van der Waals surface area contributed by atoms with E-state index in [1.807, 2.05) is 54.6 Å². The van der Waals surface area contributed by atoms with Crippen LogP contribution in [0.3, 0.4) is 0 Å². The molecule has 128 valence electrons. The van der Waals surface area contributed by atoms with Gasteiger partial charge in [-0.3, -0.25) is 0 Å². The quantitative estimate of drug-likeness (QED) is 0.653. The van der Waals surface area contributed by atoms with Crippen molar-refractivity contribution in [2.45, 2.75) is 38.1 Å². The molecule has 0 N–H and O–H groups in total. The van der Waals surface area contributed by atoms with Crippen LogP contribution in [0.2, 0.25) is 0 Å². The minimum absolute atomic E-state index is 0.306. The van der Waals surface area contributed by atoms with Crippen LogP contribution >= 0.6 is 0 Å². The molecule has 0 spiro atoms. The van der Waals surface area contributed by atoms with Crippen LogP contribution in [-0.2, 0) is 9.47 Å². The fourth-order valence-electron chi connectivity index (χ4n) is 2.79. The highest BCUT2D eigenvalue weighted by molar-refractivity contribution is 5.35. The van der Waals surface area contributed by atoms with Gasteiger partial charge in [0.25, 0.3) is 0 Å². The first-order chi connectivity index (χ1) is 11.8. The third-order valence-corrected chi connectivity index (χ3v) is 4.10. The largest absolute Gasteiger partial charge is 0.488 e. The number of hydrogen-bond acceptors (Lipinski definition) is 4. The maximum Gasteiger partial charge on any atom is 0.191 e. The van der Waals surface area contributed by atoms with Crippen molar-refractivity contribution in [2.24, 2.45) is 0 Å². The van der Waals surface area contributed by atoms with Crippen molar-refractivity contribution in [1.29, 1.82) is 0 Å². The lowest BCUT2D eigenvalue weighted by Crippen LogP contribution is -2.28. The number of ether oxygens (including phenoxy) is 4. The molecule has 24 heavy (non-hydrogen) atoms. The molecule has 1 fully saturated rings. The van der Waals surface area contributed by atoms with Crippen molar-refractivity contribution in [1.82, 2.24) is 0 Å². The van der Waals surface area contributed by atoms with Gasteiger partial charge in [-0.1, -0.05) is 31.0 Å². The van der Waals surface area contributed by atoms with Gasteiger partial charge in [-0.25, -0.2) is 0 Å². The van der Waals surface area contributed by atoms with E-state index < -0.39 is 0 Å². The van der Waals surface area contributed by atoms with Gasteiger partial charge in [0, 0.05) is 7.11 Å². The molecule has 2 aromatic rings. The van der Waals surface area contributed by atoms with E-state index in [1.165, 1.54) is 12.8 Å². The normalized spacial score (nSPS) is 16.0. The first-order valence-corrected chi connectivity index (χ1v) is 8.47. The van der Waals surface area contributed by atoms with Gasteiger partial charge in [0.1, 0.15) is 23.9 Å². The SMILES string of the molecule is COC(COc1ccc(Oc2ccccc2)cc1)OC1CCCC1. The molecular weight excluding hydrogens is 304 g/mol. The van der Waals surface area contributed by atoms with Crippen LogP contribution in [0.1, 0.15) is 25.7 Å². The van der Waals surface area contributed by atoms with Crippen molar-refractivity contribution in [3.63, 3.8) is 0 Å². The van der Waals surface area contributed by atoms with E-state index in [9.17, 15) is 0 Å². The third kappa shape index (κ3) is 4.98. The first kappa shape index (κ1) is 16.8. The summed E-state index contributed by atoms with van der Waals surface area (Å²) in [5, 5.41) is 0. The van der Waals surface area contributed by atoms with Gasteiger partial charge < -0.3 is 18.9 Å². The van der Waals surface area contributed by atoms with Gasteiger partial charge in [0.15, 0.2) is 6.29 Å². The van der Waals surface area contributed by atoms with Gasteiger partial charge in [0.05, 0.1) is 6.10 Å². The van der Waals surface area contributed by atoms with E-state index in [1.54, 1.807) is 7.11 Å². The summed E-state index contributed by atoms with van der Waals surface area (Å²) < 4.78 is 22.8. The van der Waals surface area contributed by atoms with Crippen molar-refractivity contribution in [2.75, 3.05) is 13.7 Å². The zero-order chi connectivity index (χ0) is 16.6. The fourth-order valence-corrected chi connectivity index (χ4v) is 2.79. The van der Waals surface area contributed by atoms with E-state index in [0.717, 1.165) is 30.1 Å². The van der Waals surface area contributed by atoms with Gasteiger partial charge in [-0.05, 0) is 49.2 Å². The zero-order valence-corrected chi connectivity index (χ0v) is 14.0. The van der Waals surface area contributed by atoms with Crippen molar-refractivity contribution < 1.29 is 18.9 Å². The Hall–Kier alpha value is -2.04. The number of benzene rings is 2. The molecule has 0 aliphatic heterocycles. The topological polar surface area (TPSA) is 36.9 Å². The lowest BCUT2D eigenvalue weighted by molar-refractivity contribution is -0.167. The smallest absolute Gasteiger partial charge is 0.191 e. The molecular formula is C20H24O4. The Labute approximate surface area is 143 Å². The summed E-state index contributed by atoms with van der Waals surface area (Å²) in [6.07, 6.45) is 4.69. The average Bonchev–Trinajstić information content (AvgIpc) is 3.14. The Morgan fingerprint density at radius 2 is 1.50 bits per heavy atom. The van der Waals surface area contributed by atoms with E-state index in [0.29, 0.717) is 12.7 Å². The molecule has 0 heterocycles. The number of hydrogen-bond donors (Lipinski definition) is 0. The van der Waals surface area contributed by atoms with Crippen LogP contribution in [0.25, 0.3) is 0 Å². The summed E-state index contributed by atoms with van der Waals surface area (Å²) in [6.45, 7) is 0.381. The minimum Gasteiger partial charge on any atom is -0.488 e. The zero-order valence-electron chi connectivity index (χ0n) is 14.0. The molecule has 4 heteroatoms. The molecule has 3 rings (SSSR count). The van der Waals surface area contributed by atoms with Crippen LogP contribution in [0.15, 0.2) is 54.6 Å². The van der Waals surface area contributed by atoms with Crippen molar-refractivity contribution in [3.8, 4) is 17.2 Å². The van der Waals surface area contributed by atoms with Gasteiger partial charge >= 0.3 is 0 Å². The van der Waals surface area contributed by atoms with Crippen LogP contribution in [0.5, 0.6) is 17.2 Å². The van der Waals surface area contributed by atoms with Crippen molar-refractivity contribution in [3.05, 3.63) is 54.6 Å². The Morgan fingerprint density at radius 1 is 0.875 bits per heavy atom. The average molecular weight is 328 g/mol. The fraction of sp³-hybridized carbons (Fsp3) is 0.400. The maximum absolute atomic E-state index is 5.91. The highest BCUT2D eigenvalue weighted by Gasteiger charge is 2.20. The summed E-state index contributed by atoms with van der Waals surface area (Å²) in [4.78, 5) is 0. The molecule has 2 aromatic carbocycles. The van der Waals surface area contributed by atoms with E-state index >= 15 is 0 Å². The monoisotopic (exact) mass is 328 g/mol. The van der Waals surface area contributed by atoms with Crippen LogP contribution in [-0.4, -0.2) is 26.1 Å². The minimum atomic E-state index is -0.326. The molecule has 0 bridgehead atoms. The summed E-state index contributed by atoms with van der Waals surface area (Å²) in [5.74, 6) is 2.36. The van der Waals surface area contributed by atoms with Gasteiger partial charge in [0.2, 0.25) is 0 Å². The summed E-state index contributed by atoms with van der Waals surface area (Å²) in [6, 6.07) is 17.3. The summed E-state index contributed by atoms with van der Waals surface area (Å²) in [7, 11) is 1.65. The molecule has 0 amide bonds. The summed E-state index contributed by atoms with van der Waals surface area (Å²) >= 11 is 0. The highest BCUT2D eigenvalue weighted by atomic mass is 16.7. The van der Waals surface area contributed by atoms with E-state index in [4.69, 9.17) is 18.9 Å². The number of methoxy groups -OCH3 is 1.